The minimum atomic E-state index is -4.80. The van der Waals surface area contributed by atoms with Crippen LogP contribution in [-0.4, -0.2) is 51.8 Å². The van der Waals surface area contributed by atoms with E-state index in [-0.39, 0.29) is 18.2 Å². The van der Waals surface area contributed by atoms with Crippen molar-refractivity contribution in [2.45, 2.75) is 19.4 Å². The van der Waals surface area contributed by atoms with Crippen LogP contribution in [0, 0.1) is 6.92 Å². The largest absolute Gasteiger partial charge is 0.573 e. The molecule has 5 N–H and O–H groups in total. The third-order valence-electron chi connectivity index (χ3n) is 3.15. The standard InChI is InChI=1S/C16H18F3N5O4/c1-9-6-13(20-7-11(26)8-25)23-14(21-9)24-15(27)22-10-2-4-12(5-3-10)28-16(17,18)19/h2-6,11,25-26H,7-8H2,1H3,(H3,20,21,22,23,24,27). The van der Waals surface area contributed by atoms with E-state index in [4.69, 9.17) is 5.11 Å². The smallest absolute Gasteiger partial charge is 0.406 e. The van der Waals surface area contributed by atoms with E-state index in [0.717, 1.165) is 12.1 Å². The number of carbonyl (C=O) groups is 1. The number of rotatable bonds is 7. The maximum atomic E-state index is 12.1. The molecule has 152 valence electrons. The summed E-state index contributed by atoms with van der Waals surface area (Å²) in [6, 6.07) is 5.45. The number of nitrogens with one attached hydrogen (secondary N) is 3. The Kier molecular flexibility index (Phi) is 6.95. The molecule has 1 heterocycles. The van der Waals surface area contributed by atoms with Crippen molar-refractivity contribution in [1.29, 1.82) is 0 Å². The molecule has 0 saturated heterocycles. The Hall–Kier alpha value is -3.12. The number of anilines is 3. The number of hydrogen-bond donors (Lipinski definition) is 5. The fraction of sp³-hybridized carbons (Fsp3) is 0.312. The Labute approximate surface area is 157 Å². The van der Waals surface area contributed by atoms with E-state index >= 15 is 0 Å². The van der Waals surface area contributed by atoms with Crippen LogP contribution in [0.2, 0.25) is 0 Å². The third-order valence-corrected chi connectivity index (χ3v) is 3.15. The Bertz CT molecular complexity index is 802. The van der Waals surface area contributed by atoms with Gasteiger partial charge in [-0.25, -0.2) is 9.78 Å². The minimum Gasteiger partial charge on any atom is -0.406 e. The number of carbonyl (C=O) groups excluding carboxylic acids is 1. The number of alkyl halides is 3. The van der Waals surface area contributed by atoms with E-state index in [0.29, 0.717) is 11.5 Å². The second kappa shape index (κ2) is 9.19. The minimum absolute atomic E-state index is 0.0319. The zero-order valence-corrected chi connectivity index (χ0v) is 14.6. The van der Waals surface area contributed by atoms with Gasteiger partial charge in [-0.3, -0.25) is 5.32 Å². The summed E-state index contributed by atoms with van der Waals surface area (Å²) in [7, 11) is 0. The number of halogens is 3. The van der Waals surface area contributed by atoms with E-state index in [2.05, 4.69) is 30.7 Å². The molecule has 0 fully saturated rings. The highest BCUT2D eigenvalue weighted by atomic mass is 19.4. The first kappa shape index (κ1) is 21.2. The highest BCUT2D eigenvalue weighted by Crippen LogP contribution is 2.24. The van der Waals surface area contributed by atoms with Gasteiger partial charge in [-0.15, -0.1) is 13.2 Å². The Morgan fingerprint density at radius 1 is 1.21 bits per heavy atom. The summed E-state index contributed by atoms with van der Waals surface area (Å²) in [4.78, 5) is 20.1. The highest BCUT2D eigenvalue weighted by Gasteiger charge is 2.30. The summed E-state index contributed by atoms with van der Waals surface area (Å²) in [5, 5.41) is 25.7. The number of benzene rings is 1. The van der Waals surface area contributed by atoms with Crippen molar-refractivity contribution >= 4 is 23.5 Å². The van der Waals surface area contributed by atoms with Crippen molar-refractivity contribution in [3.63, 3.8) is 0 Å². The fourth-order valence-corrected chi connectivity index (χ4v) is 2.01. The lowest BCUT2D eigenvalue weighted by atomic mass is 10.3. The van der Waals surface area contributed by atoms with Crippen molar-refractivity contribution < 1.29 is 32.9 Å². The van der Waals surface area contributed by atoms with Gasteiger partial charge >= 0.3 is 12.4 Å². The van der Waals surface area contributed by atoms with Crippen LogP contribution in [0.3, 0.4) is 0 Å². The molecule has 28 heavy (non-hydrogen) atoms. The van der Waals surface area contributed by atoms with Gasteiger partial charge in [0.05, 0.1) is 12.7 Å². The first-order chi connectivity index (χ1) is 13.1. The molecule has 2 aromatic rings. The Morgan fingerprint density at radius 2 is 1.89 bits per heavy atom. The van der Waals surface area contributed by atoms with Crippen molar-refractivity contribution in [2.24, 2.45) is 0 Å². The van der Waals surface area contributed by atoms with Gasteiger partial charge in [0.1, 0.15) is 11.6 Å². The number of amides is 2. The van der Waals surface area contributed by atoms with E-state index < -0.39 is 30.9 Å². The van der Waals surface area contributed by atoms with Crippen LogP contribution in [-0.2, 0) is 0 Å². The normalized spacial score (nSPS) is 12.2. The van der Waals surface area contributed by atoms with Crippen LogP contribution in [0.5, 0.6) is 5.75 Å². The predicted molar refractivity (Wildman–Crippen MR) is 94.1 cm³/mol. The number of nitrogens with zero attached hydrogens (tertiary/aromatic N) is 2. The van der Waals surface area contributed by atoms with Crippen molar-refractivity contribution in [3.8, 4) is 5.75 Å². The summed E-state index contributed by atoms with van der Waals surface area (Å²) < 4.78 is 40.1. The summed E-state index contributed by atoms with van der Waals surface area (Å²) in [5.74, 6) is -0.124. The van der Waals surface area contributed by atoms with Gasteiger partial charge < -0.3 is 25.6 Å². The Morgan fingerprint density at radius 3 is 2.50 bits per heavy atom. The van der Waals surface area contributed by atoms with E-state index in [9.17, 15) is 23.1 Å². The number of aliphatic hydroxyl groups is 2. The monoisotopic (exact) mass is 401 g/mol. The van der Waals surface area contributed by atoms with Crippen molar-refractivity contribution in [2.75, 3.05) is 29.1 Å². The summed E-state index contributed by atoms with van der Waals surface area (Å²) in [6.45, 7) is 1.29. The number of aryl methyl sites for hydroxylation is 1. The number of hydrogen-bond acceptors (Lipinski definition) is 7. The fourth-order valence-electron chi connectivity index (χ4n) is 2.01. The number of urea groups is 1. The molecule has 0 spiro atoms. The average Bonchev–Trinajstić information content (AvgIpc) is 2.59. The topological polar surface area (TPSA) is 129 Å². The van der Waals surface area contributed by atoms with Crippen LogP contribution in [0.25, 0.3) is 0 Å². The third kappa shape index (κ3) is 7.25. The molecule has 2 amide bonds. The number of aromatic nitrogens is 2. The van der Waals surface area contributed by atoms with Crippen molar-refractivity contribution in [3.05, 3.63) is 36.0 Å². The van der Waals surface area contributed by atoms with E-state index in [1.165, 1.54) is 12.1 Å². The van der Waals surface area contributed by atoms with E-state index in [1.807, 2.05) is 0 Å². The lowest BCUT2D eigenvalue weighted by Gasteiger charge is -2.12. The molecular formula is C16H18F3N5O4. The van der Waals surface area contributed by atoms with Gasteiger partial charge in [0, 0.05) is 24.0 Å². The summed E-state index contributed by atoms with van der Waals surface area (Å²) in [6.07, 6.45) is -5.77. The van der Waals surface area contributed by atoms with Crippen LogP contribution in [0.15, 0.2) is 30.3 Å². The molecule has 0 radical (unpaired) electrons. The molecule has 2 rings (SSSR count). The van der Waals surface area contributed by atoms with Crippen LogP contribution >= 0.6 is 0 Å². The average molecular weight is 401 g/mol. The SMILES string of the molecule is Cc1cc(NCC(O)CO)nc(NC(=O)Nc2ccc(OC(F)(F)F)cc2)n1. The van der Waals surface area contributed by atoms with Gasteiger partial charge in [0.25, 0.3) is 0 Å². The molecule has 12 heteroatoms. The zero-order chi connectivity index (χ0) is 20.7. The molecule has 0 aliphatic rings. The second-order valence-electron chi connectivity index (χ2n) is 5.59. The predicted octanol–water partition coefficient (Wildman–Crippen LogP) is 2.09. The lowest BCUT2D eigenvalue weighted by molar-refractivity contribution is -0.274. The second-order valence-corrected chi connectivity index (χ2v) is 5.59. The molecule has 0 aliphatic heterocycles. The number of aliphatic hydroxyl groups excluding tert-OH is 2. The van der Waals surface area contributed by atoms with Crippen LogP contribution in [0.4, 0.5) is 35.4 Å². The molecule has 0 saturated carbocycles. The highest BCUT2D eigenvalue weighted by molar-refractivity contribution is 5.98. The van der Waals surface area contributed by atoms with E-state index in [1.54, 1.807) is 13.0 Å². The maximum absolute atomic E-state index is 12.1. The van der Waals surface area contributed by atoms with Gasteiger partial charge in [-0.05, 0) is 31.2 Å². The van der Waals surface area contributed by atoms with Crippen LogP contribution < -0.4 is 20.7 Å². The molecule has 0 bridgehead atoms. The van der Waals surface area contributed by atoms with Crippen LogP contribution in [0.1, 0.15) is 5.69 Å². The van der Waals surface area contributed by atoms with Gasteiger partial charge in [-0.2, -0.15) is 4.98 Å². The zero-order valence-electron chi connectivity index (χ0n) is 14.6. The molecule has 1 atom stereocenters. The van der Waals surface area contributed by atoms with Crippen molar-refractivity contribution in [1.82, 2.24) is 9.97 Å². The summed E-state index contributed by atoms with van der Waals surface area (Å²) >= 11 is 0. The molecule has 1 unspecified atom stereocenters. The molecule has 0 aliphatic carbocycles. The maximum Gasteiger partial charge on any atom is 0.573 e. The first-order valence-electron chi connectivity index (χ1n) is 7.97. The quantitative estimate of drug-likeness (QED) is 0.481. The molecule has 9 nitrogen and oxygen atoms in total. The lowest BCUT2D eigenvalue weighted by Crippen LogP contribution is -2.24. The molecule has 1 aromatic carbocycles. The van der Waals surface area contributed by atoms with Gasteiger partial charge in [0.15, 0.2) is 0 Å². The molecule has 1 aromatic heterocycles. The number of ether oxygens (including phenoxy) is 1. The Balaban J connectivity index is 1.96. The summed E-state index contributed by atoms with van der Waals surface area (Å²) in [5.41, 5.74) is 0.754. The first-order valence-corrected chi connectivity index (χ1v) is 7.97. The van der Waals surface area contributed by atoms with Gasteiger partial charge in [-0.1, -0.05) is 0 Å². The van der Waals surface area contributed by atoms with Gasteiger partial charge in [0.2, 0.25) is 5.95 Å². The molecular weight excluding hydrogens is 383 g/mol.